The number of phenolic OH excluding ortho intramolecular Hbond substituents is 1. The maximum Gasteiger partial charge on any atom is 0.184 e. The minimum Gasteiger partial charge on any atom is -0.508 e. The predicted octanol–water partition coefficient (Wildman–Crippen LogP) is 1.64. The molecule has 0 atom stereocenters. The maximum atomic E-state index is 10.0. The minimum absolute atomic E-state index is 0.184. The van der Waals surface area contributed by atoms with Gasteiger partial charge in [-0.25, -0.2) is 14.6 Å². The molecule has 2 fully saturated rings. The second-order valence-electron chi connectivity index (χ2n) is 9.48. The summed E-state index contributed by atoms with van der Waals surface area (Å²) in [5, 5.41) is 19.0. The maximum absolute atomic E-state index is 10.0. The van der Waals surface area contributed by atoms with Crippen molar-refractivity contribution in [2.45, 2.75) is 13.1 Å². The number of anilines is 1. The van der Waals surface area contributed by atoms with Crippen LogP contribution in [0.3, 0.4) is 0 Å². The monoisotopic (exact) mass is 501 g/mol. The number of hydrogen-bond acceptors (Lipinski definition) is 10. The van der Waals surface area contributed by atoms with E-state index in [-0.39, 0.29) is 5.75 Å². The lowest BCUT2D eigenvalue weighted by atomic mass is 10.2. The molecule has 0 unspecified atom stereocenters. The zero-order valence-electron chi connectivity index (χ0n) is 20.8. The van der Waals surface area contributed by atoms with Crippen LogP contribution in [0.4, 0.5) is 5.82 Å². The number of ether oxygens (including phenoxy) is 1. The van der Waals surface area contributed by atoms with Crippen LogP contribution in [0.2, 0.25) is 0 Å². The topological polar surface area (TPSA) is 109 Å². The van der Waals surface area contributed by atoms with Crippen LogP contribution in [0.15, 0.2) is 48.8 Å². The Morgan fingerprint density at radius 2 is 1.73 bits per heavy atom. The lowest BCUT2D eigenvalue weighted by molar-refractivity contribution is 0.122. The molecule has 0 radical (unpaired) electrons. The fourth-order valence-corrected chi connectivity index (χ4v) is 4.92. The summed E-state index contributed by atoms with van der Waals surface area (Å²) < 4.78 is 7.43. The Labute approximate surface area is 215 Å². The quantitative estimate of drug-likeness (QED) is 0.401. The third kappa shape index (κ3) is 5.38. The average Bonchev–Trinajstić information content (AvgIpc) is 3.36. The Bertz CT molecular complexity index is 1330. The van der Waals surface area contributed by atoms with Crippen molar-refractivity contribution in [1.82, 2.24) is 39.7 Å². The lowest BCUT2D eigenvalue weighted by Crippen LogP contribution is -2.46. The second-order valence-corrected chi connectivity index (χ2v) is 9.48. The molecule has 0 amide bonds. The van der Waals surface area contributed by atoms with E-state index in [2.05, 4.69) is 36.1 Å². The molecule has 0 spiro atoms. The Balaban J connectivity index is 1.19. The molecule has 2 saturated heterocycles. The Morgan fingerprint density at radius 3 is 2.51 bits per heavy atom. The SMILES string of the molecule is Oc1cccc(-c2nc(N3CCOCC3)c3nnn(CCN4CCN(Cc5cccnc5)CC4)c3n2)c1. The van der Waals surface area contributed by atoms with Gasteiger partial charge in [0.05, 0.1) is 19.8 Å². The number of aromatic hydroxyl groups is 1. The van der Waals surface area contributed by atoms with Crippen molar-refractivity contribution in [3.05, 3.63) is 54.4 Å². The van der Waals surface area contributed by atoms with E-state index in [0.29, 0.717) is 36.7 Å². The van der Waals surface area contributed by atoms with Crippen LogP contribution in [0.5, 0.6) is 5.75 Å². The molecule has 6 rings (SSSR count). The van der Waals surface area contributed by atoms with E-state index < -0.39 is 0 Å². The van der Waals surface area contributed by atoms with E-state index in [9.17, 15) is 5.11 Å². The molecule has 4 aromatic rings. The summed E-state index contributed by atoms with van der Waals surface area (Å²) in [7, 11) is 0. The number of morpholine rings is 1. The van der Waals surface area contributed by atoms with Gasteiger partial charge in [-0.15, -0.1) is 5.10 Å². The molecule has 0 aliphatic carbocycles. The first kappa shape index (κ1) is 23.7. The molecule has 2 aliphatic rings. The number of pyridine rings is 1. The first-order valence-electron chi connectivity index (χ1n) is 12.8. The Morgan fingerprint density at radius 1 is 0.892 bits per heavy atom. The smallest absolute Gasteiger partial charge is 0.184 e. The molecule has 3 aromatic heterocycles. The summed E-state index contributed by atoms with van der Waals surface area (Å²) >= 11 is 0. The van der Waals surface area contributed by atoms with Gasteiger partial charge in [0.25, 0.3) is 0 Å². The number of benzene rings is 1. The molecule has 1 N–H and O–H groups in total. The number of fused-ring (bicyclic) bond motifs is 1. The first-order valence-corrected chi connectivity index (χ1v) is 12.8. The second kappa shape index (κ2) is 10.8. The van der Waals surface area contributed by atoms with Crippen LogP contribution in [-0.4, -0.2) is 104 Å². The molecular weight excluding hydrogens is 470 g/mol. The molecule has 5 heterocycles. The van der Waals surface area contributed by atoms with Gasteiger partial charge >= 0.3 is 0 Å². The number of hydrogen-bond donors (Lipinski definition) is 1. The van der Waals surface area contributed by atoms with Gasteiger partial charge < -0.3 is 14.7 Å². The Kier molecular flexibility index (Phi) is 6.89. The predicted molar refractivity (Wildman–Crippen MR) is 139 cm³/mol. The van der Waals surface area contributed by atoms with E-state index in [0.717, 1.165) is 63.7 Å². The van der Waals surface area contributed by atoms with Crippen LogP contribution in [-0.2, 0) is 17.8 Å². The fraction of sp³-hybridized carbons (Fsp3) is 0.423. The summed E-state index contributed by atoms with van der Waals surface area (Å²) in [6.07, 6.45) is 3.76. The van der Waals surface area contributed by atoms with Crippen LogP contribution in [0.25, 0.3) is 22.6 Å². The number of rotatable bonds is 7. The highest BCUT2D eigenvalue weighted by Gasteiger charge is 2.23. The zero-order chi connectivity index (χ0) is 25.0. The van der Waals surface area contributed by atoms with Crippen LogP contribution in [0, 0.1) is 0 Å². The number of phenols is 1. The van der Waals surface area contributed by atoms with Crippen molar-refractivity contribution in [2.24, 2.45) is 0 Å². The van der Waals surface area contributed by atoms with Crippen molar-refractivity contribution in [3.63, 3.8) is 0 Å². The average molecular weight is 502 g/mol. The van der Waals surface area contributed by atoms with Crippen LogP contribution < -0.4 is 4.90 Å². The van der Waals surface area contributed by atoms with Gasteiger partial charge in [0.15, 0.2) is 22.8 Å². The van der Waals surface area contributed by atoms with Gasteiger partial charge in [0.1, 0.15) is 5.75 Å². The summed E-state index contributed by atoms with van der Waals surface area (Å²) in [6, 6.07) is 11.2. The molecule has 2 aliphatic heterocycles. The molecule has 11 heteroatoms. The first-order chi connectivity index (χ1) is 18.2. The van der Waals surface area contributed by atoms with E-state index >= 15 is 0 Å². The highest BCUT2D eigenvalue weighted by atomic mass is 16.5. The molecule has 192 valence electrons. The summed E-state index contributed by atoms with van der Waals surface area (Å²) in [5.41, 5.74) is 3.43. The van der Waals surface area contributed by atoms with Gasteiger partial charge in [-0.1, -0.05) is 23.4 Å². The van der Waals surface area contributed by atoms with E-state index in [1.807, 2.05) is 29.2 Å². The third-order valence-electron chi connectivity index (χ3n) is 6.98. The van der Waals surface area contributed by atoms with Gasteiger partial charge in [-0.2, -0.15) is 0 Å². The zero-order valence-corrected chi connectivity index (χ0v) is 20.8. The summed E-state index contributed by atoms with van der Waals surface area (Å²) in [4.78, 5) is 21.1. The lowest BCUT2D eigenvalue weighted by Gasteiger charge is -2.34. The molecule has 1 aromatic carbocycles. The van der Waals surface area contributed by atoms with Crippen molar-refractivity contribution < 1.29 is 9.84 Å². The third-order valence-corrected chi connectivity index (χ3v) is 6.98. The van der Waals surface area contributed by atoms with Crippen LogP contribution >= 0.6 is 0 Å². The number of nitrogens with zero attached hydrogens (tertiary/aromatic N) is 9. The normalized spacial score (nSPS) is 17.5. The standard InChI is InChI=1S/C26H31N9O2/c36-22-5-1-4-21(17-22)24-28-25(34-13-15-37-16-14-34)23-26(29-24)35(31-30-23)12-11-32-7-9-33(10-8-32)19-20-3-2-6-27-18-20/h1-6,17-18,36H,7-16,19H2. The van der Waals surface area contributed by atoms with Gasteiger partial charge in [-0.3, -0.25) is 14.8 Å². The number of piperazine rings is 1. The minimum atomic E-state index is 0.184. The van der Waals surface area contributed by atoms with E-state index in [1.54, 1.807) is 18.2 Å². The van der Waals surface area contributed by atoms with Gasteiger partial charge in [0, 0.05) is 70.3 Å². The molecule has 37 heavy (non-hydrogen) atoms. The van der Waals surface area contributed by atoms with Crippen molar-refractivity contribution in [1.29, 1.82) is 0 Å². The number of aromatic nitrogens is 6. The van der Waals surface area contributed by atoms with Crippen molar-refractivity contribution >= 4 is 17.0 Å². The largest absolute Gasteiger partial charge is 0.508 e. The summed E-state index contributed by atoms with van der Waals surface area (Å²) in [5.74, 6) is 1.50. The van der Waals surface area contributed by atoms with Gasteiger partial charge in [-0.05, 0) is 23.8 Å². The van der Waals surface area contributed by atoms with Crippen molar-refractivity contribution in [2.75, 3.05) is 63.9 Å². The highest BCUT2D eigenvalue weighted by molar-refractivity contribution is 5.85. The summed E-state index contributed by atoms with van der Waals surface area (Å²) in [6.45, 7) is 9.34. The molecule has 11 nitrogen and oxygen atoms in total. The van der Waals surface area contributed by atoms with E-state index in [1.165, 1.54) is 5.56 Å². The molecule has 0 saturated carbocycles. The van der Waals surface area contributed by atoms with Crippen molar-refractivity contribution in [3.8, 4) is 17.1 Å². The highest BCUT2D eigenvalue weighted by Crippen LogP contribution is 2.28. The van der Waals surface area contributed by atoms with Crippen LogP contribution in [0.1, 0.15) is 5.56 Å². The van der Waals surface area contributed by atoms with E-state index in [4.69, 9.17) is 14.7 Å². The van der Waals surface area contributed by atoms with Gasteiger partial charge in [0.2, 0.25) is 0 Å². The fourth-order valence-electron chi connectivity index (χ4n) is 4.92. The molecule has 0 bridgehead atoms. The Hall–Kier alpha value is -3.67. The molecular formula is C26H31N9O2.